The summed E-state index contributed by atoms with van der Waals surface area (Å²) in [7, 11) is -1.99. The molecule has 8 heteroatoms. The molecule has 1 aromatic rings. The highest BCUT2D eigenvalue weighted by molar-refractivity contribution is 7.89. The minimum Gasteiger partial charge on any atom is -0.382 e. The first kappa shape index (κ1) is 14.5. The van der Waals surface area contributed by atoms with Gasteiger partial charge in [-0.2, -0.15) is 0 Å². The molecule has 3 N–H and O–H groups in total. The van der Waals surface area contributed by atoms with Crippen LogP contribution in [0.1, 0.15) is 19.3 Å². The lowest BCUT2D eigenvalue weighted by Gasteiger charge is -2.13. The molecule has 6 nitrogen and oxygen atoms in total. The van der Waals surface area contributed by atoms with Crippen LogP contribution in [-0.4, -0.2) is 32.7 Å². The summed E-state index contributed by atoms with van der Waals surface area (Å²) in [6, 6.07) is 1.18. The third-order valence-electron chi connectivity index (χ3n) is 3.19. The van der Waals surface area contributed by atoms with Gasteiger partial charge >= 0.3 is 0 Å². The van der Waals surface area contributed by atoms with E-state index in [1.807, 2.05) is 0 Å². The van der Waals surface area contributed by atoms with Crippen molar-refractivity contribution in [2.75, 3.05) is 12.8 Å². The summed E-state index contributed by atoms with van der Waals surface area (Å²) in [5, 5.41) is 0.129. The molecule has 0 amide bonds. The Labute approximate surface area is 117 Å². The van der Waals surface area contributed by atoms with Crippen LogP contribution in [0.3, 0.4) is 0 Å². The van der Waals surface area contributed by atoms with Crippen molar-refractivity contribution in [2.24, 2.45) is 0 Å². The van der Waals surface area contributed by atoms with E-state index in [4.69, 9.17) is 22.1 Å². The molecule has 2 atom stereocenters. The van der Waals surface area contributed by atoms with Crippen LogP contribution in [0.25, 0.3) is 0 Å². The molecule has 1 aliphatic carbocycles. The quantitative estimate of drug-likeness (QED) is 0.870. The highest BCUT2D eigenvalue weighted by atomic mass is 35.5. The van der Waals surface area contributed by atoms with Crippen molar-refractivity contribution < 1.29 is 13.2 Å². The Bertz CT molecular complexity index is 564. The zero-order valence-corrected chi connectivity index (χ0v) is 12.0. The maximum atomic E-state index is 12.2. The number of rotatable bonds is 4. The number of ether oxygens (including phenoxy) is 1. The van der Waals surface area contributed by atoms with E-state index in [9.17, 15) is 8.42 Å². The number of nitrogens with one attached hydrogen (secondary N) is 1. The number of nitrogens with two attached hydrogens (primary N) is 1. The number of aromatic nitrogens is 1. The van der Waals surface area contributed by atoms with E-state index in [1.165, 1.54) is 12.3 Å². The van der Waals surface area contributed by atoms with Crippen molar-refractivity contribution in [1.29, 1.82) is 0 Å². The van der Waals surface area contributed by atoms with Gasteiger partial charge < -0.3 is 10.5 Å². The molecular formula is C11H16ClN3O3S. The van der Waals surface area contributed by atoms with Gasteiger partial charge in [-0.05, 0) is 25.3 Å². The highest BCUT2D eigenvalue weighted by Gasteiger charge is 2.29. The third-order valence-corrected chi connectivity index (χ3v) is 4.98. The SMILES string of the molecule is COC1CCC(NS(=O)(=O)c2cnc(N)c(Cl)c2)C1. The van der Waals surface area contributed by atoms with Crippen LogP contribution in [0.4, 0.5) is 5.82 Å². The minimum absolute atomic E-state index is 0.0209. The second kappa shape index (κ2) is 5.62. The van der Waals surface area contributed by atoms with Gasteiger partial charge in [-0.15, -0.1) is 0 Å². The van der Waals surface area contributed by atoms with Crippen LogP contribution in [0.2, 0.25) is 5.02 Å². The van der Waals surface area contributed by atoms with Crippen molar-refractivity contribution in [2.45, 2.75) is 36.3 Å². The first-order chi connectivity index (χ1) is 8.92. The van der Waals surface area contributed by atoms with Crippen LogP contribution in [0.5, 0.6) is 0 Å². The lowest BCUT2D eigenvalue weighted by atomic mass is 10.3. The van der Waals surface area contributed by atoms with Crippen LogP contribution in [0, 0.1) is 0 Å². The molecule has 0 saturated heterocycles. The molecule has 0 aromatic carbocycles. The van der Waals surface area contributed by atoms with Crippen LogP contribution < -0.4 is 10.5 Å². The molecular weight excluding hydrogens is 290 g/mol. The summed E-state index contributed by atoms with van der Waals surface area (Å²) in [5.41, 5.74) is 5.46. The van der Waals surface area contributed by atoms with Crippen LogP contribution >= 0.6 is 11.6 Å². The van der Waals surface area contributed by atoms with E-state index in [0.29, 0.717) is 6.42 Å². The predicted molar refractivity (Wildman–Crippen MR) is 72.4 cm³/mol. The van der Waals surface area contributed by atoms with Crippen LogP contribution in [-0.2, 0) is 14.8 Å². The Balaban J connectivity index is 2.12. The average molecular weight is 306 g/mol. The summed E-state index contributed by atoms with van der Waals surface area (Å²) in [6.45, 7) is 0. The zero-order valence-electron chi connectivity index (χ0n) is 10.5. The fourth-order valence-corrected chi connectivity index (χ4v) is 3.61. The van der Waals surface area contributed by atoms with E-state index in [-0.39, 0.29) is 27.9 Å². The normalized spacial score (nSPS) is 23.7. The molecule has 1 aliphatic rings. The molecule has 19 heavy (non-hydrogen) atoms. The monoisotopic (exact) mass is 305 g/mol. The van der Waals surface area contributed by atoms with Crippen molar-refractivity contribution in [1.82, 2.24) is 9.71 Å². The van der Waals surface area contributed by atoms with Gasteiger partial charge in [0.25, 0.3) is 0 Å². The summed E-state index contributed by atoms with van der Waals surface area (Å²) < 4.78 is 32.2. The lowest BCUT2D eigenvalue weighted by Crippen LogP contribution is -2.33. The number of pyridine rings is 1. The maximum absolute atomic E-state index is 12.2. The minimum atomic E-state index is -3.62. The van der Waals surface area contributed by atoms with Gasteiger partial charge in [-0.25, -0.2) is 18.1 Å². The first-order valence-electron chi connectivity index (χ1n) is 5.88. The summed E-state index contributed by atoms with van der Waals surface area (Å²) in [4.78, 5) is 3.77. The van der Waals surface area contributed by atoms with E-state index in [1.54, 1.807) is 7.11 Å². The van der Waals surface area contributed by atoms with E-state index in [0.717, 1.165) is 12.8 Å². The molecule has 0 spiro atoms. The lowest BCUT2D eigenvalue weighted by molar-refractivity contribution is 0.107. The fourth-order valence-electron chi connectivity index (χ4n) is 2.13. The van der Waals surface area contributed by atoms with Gasteiger partial charge in [0.2, 0.25) is 10.0 Å². The van der Waals surface area contributed by atoms with Gasteiger partial charge in [0.05, 0.1) is 11.1 Å². The van der Waals surface area contributed by atoms with Gasteiger partial charge in [0.1, 0.15) is 10.7 Å². The molecule has 106 valence electrons. The molecule has 1 aromatic heterocycles. The summed E-state index contributed by atoms with van der Waals surface area (Å²) in [5.74, 6) is 0.112. The molecule has 2 unspecified atom stereocenters. The Morgan fingerprint density at radius 2 is 2.26 bits per heavy atom. The van der Waals surface area contributed by atoms with Gasteiger partial charge in [-0.1, -0.05) is 11.6 Å². The fraction of sp³-hybridized carbons (Fsp3) is 0.545. The molecule has 0 radical (unpaired) electrons. The van der Waals surface area contributed by atoms with Gasteiger partial charge in [0.15, 0.2) is 0 Å². The average Bonchev–Trinajstić information content (AvgIpc) is 2.79. The number of sulfonamides is 1. The number of methoxy groups -OCH3 is 1. The zero-order chi connectivity index (χ0) is 14.0. The summed E-state index contributed by atoms with van der Waals surface area (Å²) >= 11 is 5.78. The Hall–Kier alpha value is -0.890. The Morgan fingerprint density at radius 1 is 1.53 bits per heavy atom. The van der Waals surface area contributed by atoms with E-state index in [2.05, 4.69) is 9.71 Å². The largest absolute Gasteiger partial charge is 0.382 e. The second-order valence-corrected chi connectivity index (χ2v) is 6.65. The standard InChI is InChI=1S/C11H16ClN3O3S/c1-18-8-3-2-7(4-8)15-19(16,17)9-5-10(12)11(13)14-6-9/h5-8,15H,2-4H2,1H3,(H2,13,14). The number of nitrogens with zero attached hydrogens (tertiary/aromatic N) is 1. The van der Waals surface area contributed by atoms with Crippen molar-refractivity contribution >= 4 is 27.4 Å². The number of hydrogen-bond acceptors (Lipinski definition) is 5. The number of hydrogen-bond donors (Lipinski definition) is 2. The smallest absolute Gasteiger partial charge is 0.242 e. The second-order valence-electron chi connectivity index (χ2n) is 4.53. The van der Waals surface area contributed by atoms with E-state index >= 15 is 0 Å². The molecule has 0 aliphatic heterocycles. The van der Waals surface area contributed by atoms with Crippen molar-refractivity contribution in [3.05, 3.63) is 17.3 Å². The topological polar surface area (TPSA) is 94.3 Å². The van der Waals surface area contributed by atoms with Gasteiger partial charge in [-0.3, -0.25) is 0 Å². The summed E-state index contributed by atoms with van der Waals surface area (Å²) in [6.07, 6.45) is 3.59. The maximum Gasteiger partial charge on any atom is 0.242 e. The number of nitrogen functional groups attached to an aromatic ring is 1. The van der Waals surface area contributed by atoms with Crippen molar-refractivity contribution in [3.63, 3.8) is 0 Å². The third kappa shape index (κ3) is 3.36. The molecule has 1 saturated carbocycles. The van der Waals surface area contributed by atoms with Crippen LogP contribution in [0.15, 0.2) is 17.2 Å². The molecule has 2 rings (SSSR count). The highest BCUT2D eigenvalue weighted by Crippen LogP contribution is 2.24. The Morgan fingerprint density at radius 3 is 2.84 bits per heavy atom. The molecule has 1 heterocycles. The molecule has 0 bridgehead atoms. The van der Waals surface area contributed by atoms with Gasteiger partial charge in [0, 0.05) is 19.3 Å². The van der Waals surface area contributed by atoms with E-state index < -0.39 is 10.0 Å². The predicted octanol–water partition coefficient (Wildman–Crippen LogP) is 1.16. The number of anilines is 1. The molecule has 1 fully saturated rings. The van der Waals surface area contributed by atoms with Crippen molar-refractivity contribution in [3.8, 4) is 0 Å². The first-order valence-corrected chi connectivity index (χ1v) is 7.74. The number of halogens is 1. The Kier molecular flexibility index (Phi) is 4.29.